The molecule has 3 heterocycles. The van der Waals surface area contributed by atoms with Gasteiger partial charge in [-0.05, 0) is 36.4 Å². The van der Waals surface area contributed by atoms with Crippen molar-refractivity contribution in [2.45, 2.75) is 18.9 Å². The number of carbonyl (C=O) groups is 1. The molecule has 3 aromatic rings. The van der Waals surface area contributed by atoms with Crippen LogP contribution in [0.3, 0.4) is 0 Å². The van der Waals surface area contributed by atoms with E-state index in [-0.39, 0.29) is 12.1 Å². The quantitative estimate of drug-likeness (QED) is 0.788. The standard InChI is InChI=1S/C17H20N6O/c1-21-9-7-12-5-6-13(10-15(12)21)19-17(24)23-8-3-4-14(23)16-20-18-11-22(16)2/h5-7,9-11,14H,3-4,8H2,1-2H3,(H,19,24)/t14-/m1/s1. The minimum absolute atomic E-state index is 0.0173. The van der Waals surface area contributed by atoms with E-state index in [1.165, 1.54) is 0 Å². The van der Waals surface area contributed by atoms with Gasteiger partial charge in [0.1, 0.15) is 6.33 Å². The van der Waals surface area contributed by atoms with Crippen LogP contribution in [0.25, 0.3) is 10.9 Å². The summed E-state index contributed by atoms with van der Waals surface area (Å²) in [5.74, 6) is 0.834. The van der Waals surface area contributed by atoms with Crippen molar-refractivity contribution in [2.75, 3.05) is 11.9 Å². The number of rotatable bonds is 2. The van der Waals surface area contributed by atoms with Gasteiger partial charge < -0.3 is 19.4 Å². The van der Waals surface area contributed by atoms with Gasteiger partial charge in [-0.3, -0.25) is 0 Å². The van der Waals surface area contributed by atoms with Gasteiger partial charge in [-0.1, -0.05) is 6.07 Å². The maximum absolute atomic E-state index is 12.7. The van der Waals surface area contributed by atoms with E-state index in [0.29, 0.717) is 0 Å². The van der Waals surface area contributed by atoms with Crippen LogP contribution >= 0.6 is 0 Å². The first-order chi connectivity index (χ1) is 11.6. The second-order valence-corrected chi connectivity index (χ2v) is 6.28. The highest BCUT2D eigenvalue weighted by Gasteiger charge is 2.32. The van der Waals surface area contributed by atoms with Gasteiger partial charge in [-0.2, -0.15) is 0 Å². The van der Waals surface area contributed by atoms with E-state index in [4.69, 9.17) is 0 Å². The second-order valence-electron chi connectivity index (χ2n) is 6.28. The molecule has 0 bridgehead atoms. The fraction of sp³-hybridized carbons (Fsp3) is 0.353. The zero-order valence-corrected chi connectivity index (χ0v) is 13.8. The van der Waals surface area contributed by atoms with Crippen LogP contribution in [-0.2, 0) is 14.1 Å². The van der Waals surface area contributed by atoms with Gasteiger partial charge in [-0.15, -0.1) is 10.2 Å². The van der Waals surface area contributed by atoms with Crippen LogP contribution in [0.5, 0.6) is 0 Å². The van der Waals surface area contributed by atoms with Crippen LogP contribution in [0.2, 0.25) is 0 Å². The Morgan fingerprint density at radius 2 is 2.12 bits per heavy atom. The van der Waals surface area contributed by atoms with E-state index in [9.17, 15) is 4.79 Å². The van der Waals surface area contributed by atoms with Crippen LogP contribution in [0.1, 0.15) is 24.7 Å². The summed E-state index contributed by atoms with van der Waals surface area (Å²) in [6, 6.07) is 7.92. The summed E-state index contributed by atoms with van der Waals surface area (Å²) < 4.78 is 3.93. The molecule has 124 valence electrons. The van der Waals surface area contributed by atoms with Crippen LogP contribution in [0, 0.1) is 0 Å². The topological polar surface area (TPSA) is 68.0 Å². The average Bonchev–Trinajstić information content (AvgIpc) is 3.28. The summed E-state index contributed by atoms with van der Waals surface area (Å²) in [7, 11) is 3.91. The molecule has 1 saturated heterocycles. The van der Waals surface area contributed by atoms with Crippen molar-refractivity contribution < 1.29 is 4.79 Å². The Morgan fingerprint density at radius 1 is 1.25 bits per heavy atom. The van der Waals surface area contributed by atoms with Gasteiger partial charge in [0.15, 0.2) is 5.82 Å². The predicted molar refractivity (Wildman–Crippen MR) is 91.6 cm³/mol. The van der Waals surface area contributed by atoms with Crippen LogP contribution < -0.4 is 5.32 Å². The number of anilines is 1. The summed E-state index contributed by atoms with van der Waals surface area (Å²) in [6.07, 6.45) is 5.58. The highest BCUT2D eigenvalue weighted by molar-refractivity contribution is 5.93. The number of likely N-dealkylation sites (tertiary alicyclic amines) is 1. The van der Waals surface area contributed by atoms with Crippen molar-refractivity contribution in [1.82, 2.24) is 24.2 Å². The minimum Gasteiger partial charge on any atom is -0.350 e. The van der Waals surface area contributed by atoms with Gasteiger partial charge in [0, 0.05) is 38.0 Å². The molecule has 2 aromatic heterocycles. The number of benzene rings is 1. The van der Waals surface area contributed by atoms with Crippen LogP contribution in [0.4, 0.5) is 10.5 Å². The number of urea groups is 1. The highest BCUT2D eigenvalue weighted by atomic mass is 16.2. The molecule has 1 aromatic carbocycles. The Bertz CT molecular complexity index is 896. The first kappa shape index (κ1) is 14.7. The van der Waals surface area contributed by atoms with E-state index in [1.54, 1.807) is 6.33 Å². The van der Waals surface area contributed by atoms with E-state index < -0.39 is 0 Å². The molecule has 1 fully saturated rings. The molecular weight excluding hydrogens is 304 g/mol. The summed E-state index contributed by atoms with van der Waals surface area (Å²) >= 11 is 0. The second kappa shape index (κ2) is 5.67. The van der Waals surface area contributed by atoms with Gasteiger partial charge >= 0.3 is 6.03 Å². The normalized spacial score (nSPS) is 17.6. The molecule has 1 aliphatic heterocycles. The summed E-state index contributed by atoms with van der Waals surface area (Å²) in [4.78, 5) is 14.6. The number of hydrogen-bond donors (Lipinski definition) is 1. The number of nitrogens with one attached hydrogen (secondary N) is 1. The Morgan fingerprint density at radius 3 is 2.92 bits per heavy atom. The third-order valence-corrected chi connectivity index (χ3v) is 4.70. The Kier molecular flexibility index (Phi) is 3.48. The summed E-state index contributed by atoms with van der Waals surface area (Å²) in [6.45, 7) is 0.732. The first-order valence-electron chi connectivity index (χ1n) is 8.10. The Hall–Kier alpha value is -2.83. The fourth-order valence-electron chi connectivity index (χ4n) is 3.41. The van der Waals surface area contributed by atoms with Crippen molar-refractivity contribution in [1.29, 1.82) is 0 Å². The van der Waals surface area contributed by atoms with Gasteiger partial charge in [0.05, 0.1) is 6.04 Å². The highest BCUT2D eigenvalue weighted by Crippen LogP contribution is 2.31. The molecule has 1 atom stereocenters. The molecule has 7 heteroatoms. The number of amides is 2. The molecule has 0 saturated carbocycles. The lowest BCUT2D eigenvalue weighted by atomic mass is 10.2. The third-order valence-electron chi connectivity index (χ3n) is 4.70. The lowest BCUT2D eigenvalue weighted by Crippen LogP contribution is -2.35. The molecule has 1 N–H and O–H groups in total. The summed E-state index contributed by atoms with van der Waals surface area (Å²) in [5, 5.41) is 12.3. The van der Waals surface area contributed by atoms with Crippen molar-refractivity contribution in [3.63, 3.8) is 0 Å². The maximum atomic E-state index is 12.7. The zero-order chi connectivity index (χ0) is 16.7. The molecule has 0 aliphatic carbocycles. The molecule has 7 nitrogen and oxygen atoms in total. The Labute approximate surface area is 139 Å². The van der Waals surface area contributed by atoms with E-state index in [1.807, 2.05) is 52.5 Å². The van der Waals surface area contributed by atoms with Crippen molar-refractivity contribution in [3.05, 3.63) is 42.6 Å². The van der Waals surface area contributed by atoms with Crippen molar-refractivity contribution in [2.24, 2.45) is 14.1 Å². The smallest absolute Gasteiger partial charge is 0.322 e. The van der Waals surface area contributed by atoms with Gasteiger partial charge in [-0.25, -0.2) is 4.79 Å². The number of aryl methyl sites for hydroxylation is 2. The lowest BCUT2D eigenvalue weighted by molar-refractivity contribution is 0.204. The summed E-state index contributed by atoms with van der Waals surface area (Å²) in [5.41, 5.74) is 1.90. The van der Waals surface area contributed by atoms with Crippen LogP contribution in [-0.4, -0.2) is 36.8 Å². The average molecular weight is 324 g/mol. The Balaban J connectivity index is 1.56. The first-order valence-corrected chi connectivity index (χ1v) is 8.10. The van der Waals surface area contributed by atoms with E-state index in [0.717, 1.165) is 41.8 Å². The molecule has 0 unspecified atom stereocenters. The molecule has 0 spiro atoms. The predicted octanol–water partition coefficient (Wildman–Crippen LogP) is 2.68. The lowest BCUT2D eigenvalue weighted by Gasteiger charge is -2.24. The SMILES string of the molecule is Cn1cnnc1[C@H]1CCCN1C(=O)Nc1ccc2ccn(C)c2c1. The minimum atomic E-state index is -0.0888. The molecule has 2 amide bonds. The van der Waals surface area contributed by atoms with Crippen molar-refractivity contribution >= 4 is 22.6 Å². The number of fused-ring (bicyclic) bond motifs is 1. The fourth-order valence-corrected chi connectivity index (χ4v) is 3.41. The number of aromatic nitrogens is 4. The van der Waals surface area contributed by atoms with Gasteiger partial charge in [0.25, 0.3) is 0 Å². The molecule has 0 radical (unpaired) electrons. The number of hydrogen-bond acceptors (Lipinski definition) is 3. The largest absolute Gasteiger partial charge is 0.350 e. The van der Waals surface area contributed by atoms with Gasteiger partial charge in [0.2, 0.25) is 0 Å². The third kappa shape index (κ3) is 2.42. The number of carbonyl (C=O) groups excluding carboxylic acids is 1. The molecular formula is C17H20N6O. The zero-order valence-electron chi connectivity index (χ0n) is 13.8. The van der Waals surface area contributed by atoms with Crippen LogP contribution in [0.15, 0.2) is 36.8 Å². The molecule has 4 rings (SSSR count). The van der Waals surface area contributed by atoms with E-state index in [2.05, 4.69) is 21.6 Å². The monoisotopic (exact) mass is 324 g/mol. The molecule has 24 heavy (non-hydrogen) atoms. The van der Waals surface area contributed by atoms with Crippen molar-refractivity contribution in [3.8, 4) is 0 Å². The molecule has 1 aliphatic rings. The maximum Gasteiger partial charge on any atom is 0.322 e. The number of nitrogens with zero attached hydrogens (tertiary/aromatic N) is 5. The van der Waals surface area contributed by atoms with E-state index >= 15 is 0 Å².